The first kappa shape index (κ1) is 21.5. The molecule has 0 aliphatic carbocycles. The van der Waals surface area contributed by atoms with Crippen molar-refractivity contribution in [2.75, 3.05) is 0 Å². The Bertz CT molecular complexity index is 1020. The first-order valence-electron chi connectivity index (χ1n) is 7.90. The SMILES string of the molecule is Cc1ccnc(-c2[c-]cc(F)cc2)c1.Fc1n[n-]c(-c2ccccn2)c1F.[Ir]. The molecule has 0 aliphatic heterocycles. The minimum atomic E-state index is -1.19. The molecule has 145 valence electrons. The predicted octanol–water partition coefficient (Wildman–Crippen LogP) is 4.37. The molecule has 1 radical (unpaired) electrons. The van der Waals surface area contributed by atoms with Crippen LogP contribution in [0.15, 0.2) is 60.9 Å². The Balaban J connectivity index is 0.000000194. The van der Waals surface area contributed by atoms with E-state index in [1.54, 1.807) is 24.4 Å². The van der Waals surface area contributed by atoms with Crippen molar-refractivity contribution in [2.45, 2.75) is 6.92 Å². The van der Waals surface area contributed by atoms with Crippen LogP contribution in [0.25, 0.3) is 22.6 Å². The molecule has 3 heterocycles. The number of benzene rings is 1. The molecule has 0 spiro atoms. The summed E-state index contributed by atoms with van der Waals surface area (Å²) in [7, 11) is 0. The van der Waals surface area contributed by atoms with Gasteiger partial charge in [-0.25, -0.2) is 4.39 Å². The Hall–Kier alpha value is -2.83. The van der Waals surface area contributed by atoms with Gasteiger partial charge >= 0.3 is 0 Å². The quantitative estimate of drug-likeness (QED) is 0.343. The summed E-state index contributed by atoms with van der Waals surface area (Å²) in [4.78, 5) is 8.00. The zero-order valence-electron chi connectivity index (χ0n) is 14.5. The molecule has 0 amide bonds. The van der Waals surface area contributed by atoms with Crippen molar-refractivity contribution >= 4 is 0 Å². The van der Waals surface area contributed by atoms with Gasteiger partial charge in [0.05, 0.1) is 5.69 Å². The van der Waals surface area contributed by atoms with Crippen molar-refractivity contribution in [1.82, 2.24) is 20.2 Å². The van der Waals surface area contributed by atoms with Crippen molar-refractivity contribution < 1.29 is 33.3 Å². The minimum absolute atomic E-state index is 0. The number of hydrogen-bond donors (Lipinski definition) is 0. The van der Waals surface area contributed by atoms with Crippen LogP contribution in [0.3, 0.4) is 0 Å². The van der Waals surface area contributed by atoms with E-state index in [0.717, 1.165) is 16.8 Å². The second-order valence-electron chi connectivity index (χ2n) is 5.51. The van der Waals surface area contributed by atoms with Crippen molar-refractivity contribution in [3.05, 3.63) is 90.1 Å². The maximum atomic E-state index is 12.9. The number of nitrogens with zero attached hydrogens (tertiary/aromatic N) is 4. The summed E-state index contributed by atoms with van der Waals surface area (Å²) in [5.74, 6) is -2.53. The number of halogens is 3. The summed E-state index contributed by atoms with van der Waals surface area (Å²) < 4.78 is 38.0. The number of rotatable bonds is 2. The van der Waals surface area contributed by atoms with E-state index in [4.69, 9.17) is 0 Å². The topological polar surface area (TPSA) is 52.8 Å². The van der Waals surface area contributed by atoms with Gasteiger partial charge in [0.25, 0.3) is 0 Å². The third kappa shape index (κ3) is 5.34. The third-order valence-electron chi connectivity index (χ3n) is 3.50. The fourth-order valence-electron chi connectivity index (χ4n) is 2.19. The fraction of sp³-hybridized carbons (Fsp3) is 0.0500. The van der Waals surface area contributed by atoms with Gasteiger partial charge in [-0.2, -0.15) is 4.39 Å². The molecule has 0 N–H and O–H groups in total. The molecule has 0 fully saturated rings. The fourth-order valence-corrected chi connectivity index (χ4v) is 2.19. The van der Waals surface area contributed by atoms with Gasteiger partial charge in [0.2, 0.25) is 5.95 Å². The average Bonchev–Trinajstić information content (AvgIpc) is 3.02. The number of hydrogen-bond acceptors (Lipinski definition) is 3. The molecule has 0 saturated carbocycles. The Morgan fingerprint density at radius 3 is 2.29 bits per heavy atom. The Kier molecular flexibility index (Phi) is 7.60. The molecule has 0 saturated heterocycles. The molecule has 4 aromatic rings. The second kappa shape index (κ2) is 9.92. The Morgan fingerprint density at radius 2 is 1.71 bits per heavy atom. The van der Waals surface area contributed by atoms with Crippen LogP contribution in [0, 0.1) is 30.6 Å². The standard InChI is InChI=1S/C12H9FN.C8H4F2N3.Ir/c1-9-6-7-14-12(8-9)10-2-4-11(13)5-3-10;9-6-7(12-13-8(6)10)5-3-1-2-4-11-5;/h2,4-8H,1H3;1-4H;/q2*-1;. The summed E-state index contributed by atoms with van der Waals surface area (Å²) in [5.41, 5.74) is 2.89. The van der Waals surface area contributed by atoms with Gasteiger partial charge in [-0.15, -0.1) is 29.8 Å². The summed E-state index contributed by atoms with van der Waals surface area (Å²) in [5, 5.41) is 6.28. The molecule has 0 bridgehead atoms. The maximum Gasteiger partial charge on any atom is 0.229 e. The zero-order chi connectivity index (χ0) is 19.2. The molecule has 1 aromatic carbocycles. The van der Waals surface area contributed by atoms with Crippen molar-refractivity contribution in [2.24, 2.45) is 0 Å². The maximum absolute atomic E-state index is 12.9. The molecular formula is C20H13F3IrN4-2. The van der Waals surface area contributed by atoms with Crippen LogP contribution in [-0.2, 0) is 20.1 Å². The molecule has 8 heteroatoms. The van der Waals surface area contributed by atoms with Crippen LogP contribution >= 0.6 is 0 Å². The van der Waals surface area contributed by atoms with Gasteiger partial charge < -0.3 is 15.2 Å². The number of pyridine rings is 2. The first-order valence-corrected chi connectivity index (χ1v) is 7.90. The molecule has 0 aliphatic rings. The van der Waals surface area contributed by atoms with Crippen molar-refractivity contribution in [3.8, 4) is 22.6 Å². The van der Waals surface area contributed by atoms with Crippen LogP contribution in [0.5, 0.6) is 0 Å². The van der Waals surface area contributed by atoms with Gasteiger partial charge in [0, 0.05) is 38.3 Å². The van der Waals surface area contributed by atoms with E-state index in [1.807, 2.05) is 19.1 Å². The average molecular weight is 559 g/mol. The number of aryl methyl sites for hydroxylation is 1. The smallest absolute Gasteiger partial charge is 0.229 e. The van der Waals surface area contributed by atoms with Gasteiger partial charge in [-0.3, -0.25) is 9.37 Å². The minimum Gasteiger partial charge on any atom is -0.569 e. The summed E-state index contributed by atoms with van der Waals surface area (Å²) >= 11 is 0. The van der Waals surface area contributed by atoms with E-state index >= 15 is 0 Å². The summed E-state index contributed by atoms with van der Waals surface area (Å²) in [6.45, 7) is 1.99. The van der Waals surface area contributed by atoms with Crippen LogP contribution in [0.1, 0.15) is 5.56 Å². The van der Waals surface area contributed by atoms with E-state index in [2.05, 4.69) is 26.2 Å². The van der Waals surface area contributed by atoms with Gasteiger partial charge in [0.1, 0.15) is 0 Å². The largest absolute Gasteiger partial charge is 0.569 e. The van der Waals surface area contributed by atoms with Crippen LogP contribution in [0.2, 0.25) is 0 Å². The Labute approximate surface area is 173 Å². The van der Waals surface area contributed by atoms with E-state index in [0.29, 0.717) is 0 Å². The molecule has 0 unspecified atom stereocenters. The normalized spacial score (nSPS) is 9.86. The summed E-state index contributed by atoms with van der Waals surface area (Å²) in [6, 6.07) is 16.0. The van der Waals surface area contributed by atoms with Crippen LogP contribution < -0.4 is 5.10 Å². The molecule has 4 rings (SSSR count). The second-order valence-corrected chi connectivity index (χ2v) is 5.51. The van der Waals surface area contributed by atoms with Crippen molar-refractivity contribution in [3.63, 3.8) is 0 Å². The molecule has 4 nitrogen and oxygen atoms in total. The monoisotopic (exact) mass is 559 g/mol. The zero-order valence-corrected chi connectivity index (χ0v) is 16.9. The number of aromatic nitrogens is 4. The van der Waals surface area contributed by atoms with Crippen molar-refractivity contribution in [1.29, 1.82) is 0 Å². The molecular weight excluding hydrogens is 545 g/mol. The van der Waals surface area contributed by atoms with Gasteiger partial charge in [-0.1, -0.05) is 23.4 Å². The Morgan fingerprint density at radius 1 is 0.929 bits per heavy atom. The molecule has 0 atom stereocenters. The first-order chi connectivity index (χ1) is 13.0. The van der Waals surface area contributed by atoms with E-state index < -0.39 is 11.8 Å². The molecule has 28 heavy (non-hydrogen) atoms. The van der Waals surface area contributed by atoms with E-state index in [9.17, 15) is 13.2 Å². The summed E-state index contributed by atoms with van der Waals surface area (Å²) in [6.07, 6.45) is 3.21. The van der Waals surface area contributed by atoms with Crippen LogP contribution in [0.4, 0.5) is 13.2 Å². The van der Waals surface area contributed by atoms with Crippen LogP contribution in [-0.4, -0.2) is 15.1 Å². The van der Waals surface area contributed by atoms with Gasteiger partial charge in [-0.05, 0) is 30.8 Å². The van der Waals surface area contributed by atoms with E-state index in [1.165, 1.54) is 24.4 Å². The predicted molar refractivity (Wildman–Crippen MR) is 93.9 cm³/mol. The molecule has 3 aromatic heterocycles. The van der Waals surface area contributed by atoms with Gasteiger partial charge in [0.15, 0.2) is 5.82 Å². The third-order valence-corrected chi connectivity index (χ3v) is 3.50. The van der Waals surface area contributed by atoms with E-state index in [-0.39, 0.29) is 37.3 Å².